The van der Waals surface area contributed by atoms with Crippen LogP contribution >= 0.6 is 0 Å². The molecule has 2 fully saturated rings. The predicted molar refractivity (Wildman–Crippen MR) is 140 cm³/mol. The van der Waals surface area contributed by atoms with Crippen molar-refractivity contribution < 1.29 is 28.5 Å². The van der Waals surface area contributed by atoms with Gasteiger partial charge in [-0.2, -0.15) is 0 Å². The number of amides is 1. The van der Waals surface area contributed by atoms with Crippen LogP contribution in [0.4, 0.5) is 10.3 Å². The Balaban J connectivity index is 1.38. The van der Waals surface area contributed by atoms with Gasteiger partial charge in [-0.15, -0.1) is 0 Å². The second kappa shape index (κ2) is 11.7. The van der Waals surface area contributed by atoms with E-state index in [1.807, 2.05) is 0 Å². The highest BCUT2D eigenvalue weighted by Gasteiger charge is 2.44. The highest BCUT2D eigenvalue weighted by Crippen LogP contribution is 2.36. The highest BCUT2D eigenvalue weighted by molar-refractivity contribution is 5.83. The quantitative estimate of drug-likeness (QED) is 0.350. The van der Waals surface area contributed by atoms with Crippen LogP contribution in [0, 0.1) is 11.2 Å². The van der Waals surface area contributed by atoms with Gasteiger partial charge in [0.05, 0.1) is 41.8 Å². The summed E-state index contributed by atoms with van der Waals surface area (Å²) in [7, 11) is 1.65. The third kappa shape index (κ3) is 6.09. The molecular formula is C27H33FN6O5. The smallest absolute Gasteiger partial charge is 0.233 e. The van der Waals surface area contributed by atoms with Gasteiger partial charge < -0.3 is 34.5 Å². The van der Waals surface area contributed by atoms with Gasteiger partial charge in [0, 0.05) is 45.1 Å². The van der Waals surface area contributed by atoms with Crippen molar-refractivity contribution in [2.45, 2.75) is 32.2 Å². The molecule has 2 aliphatic rings. The molecule has 0 bridgehead atoms. The molecule has 12 heteroatoms. The molecule has 0 spiro atoms. The van der Waals surface area contributed by atoms with E-state index in [9.17, 15) is 14.3 Å². The number of benzene rings is 1. The summed E-state index contributed by atoms with van der Waals surface area (Å²) < 4.78 is 30.8. The maximum atomic E-state index is 13.7. The number of aromatic amines is 1. The number of carbonyl (C=O) groups excluding carboxylic acids is 1. The molecule has 0 radical (unpaired) electrons. The molecule has 0 saturated carbocycles. The van der Waals surface area contributed by atoms with E-state index < -0.39 is 17.8 Å². The van der Waals surface area contributed by atoms with Gasteiger partial charge in [0.15, 0.2) is 5.82 Å². The van der Waals surface area contributed by atoms with Crippen LogP contribution in [0.25, 0.3) is 22.6 Å². The minimum Gasteiger partial charge on any atom is -0.391 e. The average molecular weight is 541 g/mol. The van der Waals surface area contributed by atoms with Gasteiger partial charge >= 0.3 is 0 Å². The number of methoxy groups -OCH3 is 1. The first-order valence-electron chi connectivity index (χ1n) is 13.0. The zero-order chi connectivity index (χ0) is 27.4. The molecule has 3 aromatic rings. The molecule has 2 aromatic heterocycles. The van der Waals surface area contributed by atoms with Crippen molar-refractivity contribution in [2.75, 3.05) is 51.9 Å². The summed E-state index contributed by atoms with van der Waals surface area (Å²) in [6, 6.07) is 7.79. The topological polar surface area (TPSA) is 135 Å². The van der Waals surface area contributed by atoms with E-state index in [1.54, 1.807) is 43.3 Å². The molecule has 2 saturated heterocycles. The number of hydrogen-bond donors (Lipinski definition) is 3. The van der Waals surface area contributed by atoms with Crippen molar-refractivity contribution in [3.63, 3.8) is 0 Å². The monoisotopic (exact) mass is 540 g/mol. The van der Waals surface area contributed by atoms with Crippen molar-refractivity contribution in [3.8, 4) is 22.6 Å². The van der Waals surface area contributed by atoms with Crippen LogP contribution < -0.4 is 5.32 Å². The van der Waals surface area contributed by atoms with Crippen LogP contribution in [0.2, 0.25) is 0 Å². The van der Waals surface area contributed by atoms with Crippen LogP contribution in [0.3, 0.4) is 0 Å². The maximum absolute atomic E-state index is 13.7. The summed E-state index contributed by atoms with van der Waals surface area (Å²) >= 11 is 0. The van der Waals surface area contributed by atoms with Crippen LogP contribution in [0.15, 0.2) is 36.5 Å². The number of anilines is 1. The van der Waals surface area contributed by atoms with Crippen LogP contribution in [0.1, 0.15) is 31.9 Å². The van der Waals surface area contributed by atoms with Gasteiger partial charge in [-0.25, -0.2) is 19.3 Å². The molecule has 5 rings (SSSR count). The van der Waals surface area contributed by atoms with Gasteiger partial charge in [-0.1, -0.05) is 0 Å². The number of carbonyl (C=O) groups is 1. The lowest BCUT2D eigenvalue weighted by atomic mass is 9.90. The number of ether oxygens (including phenoxy) is 3. The molecule has 1 atom stereocenters. The third-order valence-corrected chi connectivity index (χ3v) is 6.86. The Kier molecular flexibility index (Phi) is 8.17. The SMILES string of the molecule is COCCCNc1nccc(-c2[nH]c(C3OCC(C)(C(=O)N4CCC(O)C4)CO3)nc2-c2ccc(F)cc2)n1. The number of likely N-dealkylation sites (tertiary alicyclic amines) is 1. The summed E-state index contributed by atoms with van der Waals surface area (Å²) in [6.45, 7) is 4.18. The number of H-pyrrole nitrogens is 1. The minimum atomic E-state index is -0.869. The van der Waals surface area contributed by atoms with E-state index in [2.05, 4.69) is 20.3 Å². The van der Waals surface area contributed by atoms with E-state index in [0.29, 0.717) is 67.1 Å². The van der Waals surface area contributed by atoms with Crippen molar-refractivity contribution in [2.24, 2.45) is 5.41 Å². The fraction of sp³-hybridized carbons (Fsp3) is 0.481. The molecule has 11 nitrogen and oxygen atoms in total. The fourth-order valence-electron chi connectivity index (χ4n) is 4.70. The molecule has 1 unspecified atom stereocenters. The first-order chi connectivity index (χ1) is 18.9. The number of nitrogens with zero attached hydrogens (tertiary/aromatic N) is 4. The Morgan fingerprint density at radius 3 is 2.72 bits per heavy atom. The molecule has 208 valence electrons. The van der Waals surface area contributed by atoms with Gasteiger partial charge in [-0.05, 0) is 50.1 Å². The number of β-amino-alcohol motifs (C(OH)–C–C–N with tert-alkyl or cyclic N) is 1. The normalized spacial score (nSPS) is 23.2. The fourth-order valence-corrected chi connectivity index (χ4v) is 4.70. The number of nitrogens with one attached hydrogen (secondary N) is 2. The van der Waals surface area contributed by atoms with Crippen molar-refractivity contribution >= 4 is 11.9 Å². The average Bonchev–Trinajstić information content (AvgIpc) is 3.59. The molecule has 39 heavy (non-hydrogen) atoms. The first kappa shape index (κ1) is 27.1. The van der Waals surface area contributed by atoms with Crippen LogP contribution in [0.5, 0.6) is 0 Å². The zero-order valence-electron chi connectivity index (χ0n) is 22.0. The molecule has 1 amide bonds. The number of aromatic nitrogens is 4. The van der Waals surface area contributed by atoms with Gasteiger partial charge in [0.25, 0.3) is 0 Å². The summed E-state index contributed by atoms with van der Waals surface area (Å²) in [6.07, 6.45) is 1.69. The largest absolute Gasteiger partial charge is 0.391 e. The Bertz CT molecular complexity index is 1280. The molecule has 1 aromatic carbocycles. The van der Waals surface area contributed by atoms with Gasteiger partial charge in [0.2, 0.25) is 18.1 Å². The second-order valence-corrected chi connectivity index (χ2v) is 10.1. The van der Waals surface area contributed by atoms with E-state index in [0.717, 1.165) is 6.42 Å². The number of halogens is 1. The van der Waals surface area contributed by atoms with E-state index in [-0.39, 0.29) is 24.9 Å². The number of aliphatic hydroxyl groups excluding tert-OH is 1. The Labute approximate surface area is 225 Å². The number of hydrogen-bond acceptors (Lipinski definition) is 9. The van der Waals surface area contributed by atoms with Gasteiger partial charge in [0.1, 0.15) is 5.82 Å². The maximum Gasteiger partial charge on any atom is 0.233 e. The van der Waals surface area contributed by atoms with Crippen molar-refractivity contribution in [1.29, 1.82) is 0 Å². The van der Waals surface area contributed by atoms with Crippen molar-refractivity contribution in [1.82, 2.24) is 24.8 Å². The molecule has 3 N–H and O–H groups in total. The van der Waals surface area contributed by atoms with Crippen LogP contribution in [-0.4, -0.2) is 88.5 Å². The lowest BCUT2D eigenvalue weighted by molar-refractivity contribution is -0.234. The lowest BCUT2D eigenvalue weighted by Gasteiger charge is -2.37. The molecule has 2 aliphatic heterocycles. The first-order valence-corrected chi connectivity index (χ1v) is 13.0. The summed E-state index contributed by atoms with van der Waals surface area (Å²) in [4.78, 5) is 31.7. The summed E-state index contributed by atoms with van der Waals surface area (Å²) in [5.41, 5.74) is 1.55. The lowest BCUT2D eigenvalue weighted by Crippen LogP contribution is -2.49. The van der Waals surface area contributed by atoms with Crippen molar-refractivity contribution in [3.05, 3.63) is 48.2 Å². The minimum absolute atomic E-state index is 0.101. The summed E-state index contributed by atoms with van der Waals surface area (Å²) in [5.74, 6) is 0.408. The zero-order valence-corrected chi connectivity index (χ0v) is 22.0. The standard InChI is InChI=1S/C27H33FN6O5/c1-27(25(36)34-12-9-19(35)14-34)15-38-24(39-16-27)23-32-21(17-4-6-18(28)7-5-17)22(33-23)20-8-11-30-26(31-20)29-10-3-13-37-2/h4-8,11,19,24,35H,3,9-10,12-16H2,1-2H3,(H,32,33)(H,29,30,31). The molecule has 0 aliphatic carbocycles. The Morgan fingerprint density at radius 2 is 2.03 bits per heavy atom. The highest BCUT2D eigenvalue weighted by atomic mass is 19.1. The Morgan fingerprint density at radius 1 is 1.26 bits per heavy atom. The number of imidazole rings is 1. The molecule has 4 heterocycles. The summed E-state index contributed by atoms with van der Waals surface area (Å²) in [5, 5.41) is 13.0. The predicted octanol–water partition coefficient (Wildman–Crippen LogP) is 2.77. The Hall–Kier alpha value is -3.45. The van der Waals surface area contributed by atoms with E-state index in [4.69, 9.17) is 19.2 Å². The van der Waals surface area contributed by atoms with E-state index >= 15 is 0 Å². The second-order valence-electron chi connectivity index (χ2n) is 10.1. The van der Waals surface area contributed by atoms with E-state index in [1.165, 1.54) is 12.1 Å². The third-order valence-electron chi connectivity index (χ3n) is 6.86. The molecular weight excluding hydrogens is 507 g/mol. The van der Waals surface area contributed by atoms with Crippen LogP contribution in [-0.2, 0) is 19.0 Å². The van der Waals surface area contributed by atoms with Gasteiger partial charge in [-0.3, -0.25) is 4.79 Å². The number of rotatable bonds is 9. The number of aliphatic hydroxyl groups is 1.